The van der Waals surface area contributed by atoms with Crippen LogP contribution in [0.25, 0.3) is 5.69 Å². The number of aromatic nitrogens is 3. The Morgan fingerprint density at radius 1 is 0.963 bits per heavy atom. The Labute approximate surface area is 155 Å². The smallest absolute Gasteiger partial charge is 0.320 e. The van der Waals surface area contributed by atoms with Gasteiger partial charge in [-0.15, -0.1) is 0 Å². The molecule has 1 amide bonds. The maximum atomic E-state index is 12.7. The van der Waals surface area contributed by atoms with Crippen LogP contribution in [0.4, 0.5) is 5.69 Å². The molecular weight excluding hydrogens is 344 g/mol. The molecule has 0 aliphatic heterocycles. The monoisotopic (exact) mass is 364 g/mol. The van der Waals surface area contributed by atoms with Crippen LogP contribution in [0.1, 0.15) is 27.2 Å². The third-order valence-corrected chi connectivity index (χ3v) is 4.30. The Morgan fingerprint density at radius 2 is 1.59 bits per heavy atom. The van der Waals surface area contributed by atoms with E-state index in [4.69, 9.17) is 0 Å². The number of carbonyl (C=O) groups excluding carboxylic acids is 1. The summed E-state index contributed by atoms with van der Waals surface area (Å²) in [4.78, 5) is 37.5. The molecule has 1 aromatic heterocycles. The molecule has 3 rings (SSSR count). The van der Waals surface area contributed by atoms with Gasteiger partial charge in [-0.1, -0.05) is 35.4 Å². The average molecular weight is 364 g/mol. The Hall–Kier alpha value is -3.48. The van der Waals surface area contributed by atoms with Crippen molar-refractivity contribution in [3.05, 3.63) is 85.7 Å². The normalized spacial score (nSPS) is 10.7. The van der Waals surface area contributed by atoms with Gasteiger partial charge in [0.25, 0.3) is 11.5 Å². The van der Waals surface area contributed by atoms with Crippen molar-refractivity contribution in [3.63, 3.8) is 0 Å². The Bertz CT molecular complexity index is 1140. The van der Waals surface area contributed by atoms with Gasteiger partial charge in [0.05, 0.1) is 5.69 Å². The van der Waals surface area contributed by atoms with Gasteiger partial charge in [0, 0.05) is 12.7 Å². The molecule has 0 spiro atoms. The van der Waals surface area contributed by atoms with Crippen LogP contribution in [0.5, 0.6) is 0 Å². The molecule has 0 atom stereocenters. The summed E-state index contributed by atoms with van der Waals surface area (Å²) in [6.07, 6.45) is 0. The molecule has 0 saturated heterocycles. The third-order valence-electron chi connectivity index (χ3n) is 4.30. The number of rotatable bonds is 3. The first-order chi connectivity index (χ1) is 12.8. The summed E-state index contributed by atoms with van der Waals surface area (Å²) in [7, 11) is 1.32. The molecule has 0 bridgehead atoms. The van der Waals surface area contributed by atoms with Gasteiger partial charge in [-0.2, -0.15) is 9.78 Å². The van der Waals surface area contributed by atoms with Gasteiger partial charge < -0.3 is 5.32 Å². The van der Waals surface area contributed by atoms with Crippen molar-refractivity contribution in [2.75, 3.05) is 5.32 Å². The largest absolute Gasteiger partial charge is 0.351 e. The molecule has 7 nitrogen and oxygen atoms in total. The Morgan fingerprint density at radius 3 is 2.22 bits per heavy atom. The van der Waals surface area contributed by atoms with Crippen LogP contribution >= 0.6 is 0 Å². The molecular formula is C20H20N4O3. The van der Waals surface area contributed by atoms with Crippen molar-refractivity contribution in [2.45, 2.75) is 20.8 Å². The van der Waals surface area contributed by atoms with E-state index < -0.39 is 17.2 Å². The van der Waals surface area contributed by atoms with Crippen LogP contribution in [-0.2, 0) is 7.05 Å². The van der Waals surface area contributed by atoms with Crippen molar-refractivity contribution in [2.24, 2.45) is 7.05 Å². The first-order valence-electron chi connectivity index (χ1n) is 8.44. The van der Waals surface area contributed by atoms with Crippen molar-refractivity contribution in [1.29, 1.82) is 0 Å². The third kappa shape index (κ3) is 3.57. The van der Waals surface area contributed by atoms with E-state index in [0.717, 1.165) is 25.9 Å². The first kappa shape index (κ1) is 18.3. The van der Waals surface area contributed by atoms with Crippen LogP contribution in [-0.4, -0.2) is 20.3 Å². The molecule has 138 valence electrons. The second-order valence-electron chi connectivity index (χ2n) is 6.52. The topological polar surface area (TPSA) is 86.0 Å². The number of anilines is 1. The number of amides is 1. The lowest BCUT2D eigenvalue weighted by atomic mass is 10.1. The predicted octanol–water partition coefficient (Wildman–Crippen LogP) is 2.11. The van der Waals surface area contributed by atoms with Gasteiger partial charge in [0.15, 0.2) is 0 Å². The number of nitrogens with one attached hydrogen (secondary N) is 1. The summed E-state index contributed by atoms with van der Waals surface area (Å²) in [5, 5.41) is 6.73. The molecule has 0 radical (unpaired) electrons. The minimum absolute atomic E-state index is 0.349. The Kier molecular flexibility index (Phi) is 4.77. The van der Waals surface area contributed by atoms with Gasteiger partial charge >= 0.3 is 5.69 Å². The minimum Gasteiger partial charge on any atom is -0.320 e. The number of nitrogens with zero attached hydrogens (tertiary/aromatic N) is 3. The molecule has 0 fully saturated rings. The Balaban J connectivity index is 2.07. The molecule has 1 heterocycles. The maximum Gasteiger partial charge on any atom is 0.351 e. The summed E-state index contributed by atoms with van der Waals surface area (Å²) < 4.78 is 1.93. The molecule has 1 N–H and O–H groups in total. The number of aryl methyl sites for hydroxylation is 3. The maximum absolute atomic E-state index is 12.7. The highest BCUT2D eigenvalue weighted by molar-refractivity contribution is 6.02. The summed E-state index contributed by atoms with van der Waals surface area (Å²) in [6.45, 7) is 5.73. The first-order valence-corrected chi connectivity index (χ1v) is 8.44. The zero-order chi connectivity index (χ0) is 19.7. The lowest BCUT2D eigenvalue weighted by Crippen LogP contribution is -2.43. The SMILES string of the molecule is Cc1ccc(-n2nc(C(=O)Nc3ccc(C)cc3C)c(=O)n(C)c2=O)cc1. The van der Waals surface area contributed by atoms with E-state index in [-0.39, 0.29) is 5.69 Å². The van der Waals surface area contributed by atoms with Crippen molar-refractivity contribution >= 4 is 11.6 Å². The second kappa shape index (κ2) is 7.03. The number of carbonyl (C=O) groups is 1. The van der Waals surface area contributed by atoms with Crippen LogP contribution in [0, 0.1) is 20.8 Å². The van der Waals surface area contributed by atoms with Crippen LogP contribution in [0.3, 0.4) is 0 Å². The molecule has 0 unspecified atom stereocenters. The predicted molar refractivity (Wildman–Crippen MR) is 104 cm³/mol. The second-order valence-corrected chi connectivity index (χ2v) is 6.52. The number of hydrogen-bond donors (Lipinski definition) is 1. The van der Waals surface area contributed by atoms with E-state index in [1.165, 1.54) is 7.05 Å². The van der Waals surface area contributed by atoms with E-state index in [1.807, 2.05) is 45.0 Å². The standard InChI is InChI=1S/C20H20N4O3/c1-12-5-8-15(9-6-12)24-20(27)23(4)19(26)17(22-24)18(25)21-16-10-7-13(2)11-14(16)3/h5-11H,1-4H3,(H,21,25). The van der Waals surface area contributed by atoms with Crippen LogP contribution < -0.4 is 16.6 Å². The highest BCUT2D eigenvalue weighted by Gasteiger charge is 2.19. The van der Waals surface area contributed by atoms with Gasteiger partial charge in [-0.3, -0.25) is 14.2 Å². The summed E-state index contributed by atoms with van der Waals surface area (Å²) in [5.41, 5.74) is 2.29. The summed E-state index contributed by atoms with van der Waals surface area (Å²) in [5.74, 6) is -0.664. The molecule has 27 heavy (non-hydrogen) atoms. The quantitative estimate of drug-likeness (QED) is 0.771. The van der Waals surface area contributed by atoms with E-state index in [1.54, 1.807) is 18.2 Å². The fourth-order valence-corrected chi connectivity index (χ4v) is 2.71. The van der Waals surface area contributed by atoms with E-state index in [9.17, 15) is 14.4 Å². The van der Waals surface area contributed by atoms with Crippen molar-refractivity contribution in [1.82, 2.24) is 14.3 Å². The lowest BCUT2D eigenvalue weighted by molar-refractivity contribution is 0.101. The zero-order valence-electron chi connectivity index (χ0n) is 15.6. The van der Waals surface area contributed by atoms with E-state index in [0.29, 0.717) is 11.4 Å². The summed E-state index contributed by atoms with van der Waals surface area (Å²) in [6, 6.07) is 12.6. The van der Waals surface area contributed by atoms with Gasteiger partial charge in [-0.05, 0) is 44.5 Å². The highest BCUT2D eigenvalue weighted by atomic mass is 16.2. The fraction of sp³-hybridized carbons (Fsp3) is 0.200. The van der Waals surface area contributed by atoms with Crippen molar-refractivity contribution in [3.8, 4) is 5.69 Å². The number of hydrogen-bond acceptors (Lipinski definition) is 4. The number of benzene rings is 2. The highest BCUT2D eigenvalue weighted by Crippen LogP contribution is 2.16. The van der Waals surface area contributed by atoms with Gasteiger partial charge in [-0.25, -0.2) is 4.79 Å². The fourth-order valence-electron chi connectivity index (χ4n) is 2.71. The zero-order valence-corrected chi connectivity index (χ0v) is 15.6. The molecule has 3 aromatic rings. The molecule has 2 aromatic carbocycles. The molecule has 0 aliphatic rings. The average Bonchev–Trinajstić information content (AvgIpc) is 2.63. The van der Waals surface area contributed by atoms with Gasteiger partial charge in [0.1, 0.15) is 0 Å². The van der Waals surface area contributed by atoms with E-state index in [2.05, 4.69) is 10.4 Å². The summed E-state index contributed by atoms with van der Waals surface area (Å²) >= 11 is 0. The van der Waals surface area contributed by atoms with Crippen LogP contribution in [0.15, 0.2) is 52.1 Å². The molecule has 7 heteroatoms. The van der Waals surface area contributed by atoms with Crippen molar-refractivity contribution < 1.29 is 4.79 Å². The van der Waals surface area contributed by atoms with E-state index >= 15 is 0 Å². The lowest BCUT2D eigenvalue weighted by Gasteiger charge is -2.11. The van der Waals surface area contributed by atoms with Gasteiger partial charge in [0.2, 0.25) is 5.69 Å². The minimum atomic E-state index is -0.745. The molecule has 0 aliphatic carbocycles. The van der Waals surface area contributed by atoms with Crippen LogP contribution in [0.2, 0.25) is 0 Å². The molecule has 0 saturated carbocycles.